The molecule has 3 rings (SSSR count). The van der Waals surface area contributed by atoms with Crippen LogP contribution in [0.25, 0.3) is 10.9 Å². The predicted octanol–water partition coefficient (Wildman–Crippen LogP) is 2.92. The summed E-state index contributed by atoms with van der Waals surface area (Å²) in [6.45, 7) is 0. The minimum absolute atomic E-state index is 0.195. The average Bonchev–Trinajstić information content (AvgIpc) is 2.94. The molecule has 1 aromatic carbocycles. The standard InChI is InChI=1S/C20H26N4O2/c1-24-15-9-6-8-14(20(26)23-22)18(15)19-16(24)11-13(12-17(19)25)7-4-2-3-5-10-21/h11-12,14,25H,2-9,22H2,1H3,(H,23,26). The first-order valence-electron chi connectivity index (χ1n) is 9.29. The molecular weight excluding hydrogens is 328 g/mol. The van der Waals surface area contributed by atoms with E-state index in [1.54, 1.807) is 0 Å². The Hall–Kier alpha value is -2.52. The van der Waals surface area contributed by atoms with Gasteiger partial charge in [0.2, 0.25) is 5.91 Å². The molecule has 0 saturated carbocycles. The van der Waals surface area contributed by atoms with Gasteiger partial charge in [-0.3, -0.25) is 10.2 Å². The van der Waals surface area contributed by atoms with Gasteiger partial charge in [-0.15, -0.1) is 0 Å². The van der Waals surface area contributed by atoms with E-state index in [4.69, 9.17) is 11.1 Å². The van der Waals surface area contributed by atoms with E-state index in [0.717, 1.165) is 72.7 Å². The number of carbonyl (C=O) groups is 1. The van der Waals surface area contributed by atoms with Gasteiger partial charge >= 0.3 is 0 Å². The molecule has 1 aromatic heterocycles. The SMILES string of the molecule is Cn1c2c(c3c(O)cc(CCCCCC#N)cc31)C(C(=O)NN)CCC2. The predicted molar refractivity (Wildman–Crippen MR) is 100 cm³/mol. The van der Waals surface area contributed by atoms with Crippen molar-refractivity contribution in [1.29, 1.82) is 5.26 Å². The third-order valence-electron chi connectivity index (χ3n) is 5.47. The molecule has 1 aliphatic rings. The number of amides is 1. The van der Waals surface area contributed by atoms with Gasteiger partial charge in [0, 0.05) is 24.5 Å². The van der Waals surface area contributed by atoms with Crippen LogP contribution in [0.15, 0.2) is 12.1 Å². The molecule has 0 fully saturated rings. The number of rotatable bonds is 6. The van der Waals surface area contributed by atoms with Gasteiger partial charge in [-0.1, -0.05) is 6.42 Å². The summed E-state index contributed by atoms with van der Waals surface area (Å²) in [5, 5.41) is 20.1. The Balaban J connectivity index is 1.96. The zero-order valence-corrected chi connectivity index (χ0v) is 15.2. The van der Waals surface area contributed by atoms with Gasteiger partial charge < -0.3 is 9.67 Å². The minimum Gasteiger partial charge on any atom is -0.507 e. The highest BCUT2D eigenvalue weighted by atomic mass is 16.3. The molecule has 6 nitrogen and oxygen atoms in total. The van der Waals surface area contributed by atoms with Crippen LogP contribution in [0.3, 0.4) is 0 Å². The first-order chi connectivity index (χ1) is 12.6. The second kappa shape index (κ2) is 7.79. The van der Waals surface area contributed by atoms with E-state index in [-0.39, 0.29) is 17.6 Å². The zero-order chi connectivity index (χ0) is 18.7. The number of hydrogen-bond acceptors (Lipinski definition) is 4. The van der Waals surface area contributed by atoms with Crippen molar-refractivity contribution in [3.05, 3.63) is 29.0 Å². The highest BCUT2D eigenvalue weighted by Gasteiger charge is 2.32. The van der Waals surface area contributed by atoms with Crippen LogP contribution in [0.5, 0.6) is 5.75 Å². The lowest BCUT2D eigenvalue weighted by molar-refractivity contribution is -0.122. The molecule has 4 N–H and O–H groups in total. The first kappa shape index (κ1) is 18.3. The quantitative estimate of drug-likeness (QED) is 0.321. The fourth-order valence-electron chi connectivity index (χ4n) is 4.19. The van der Waals surface area contributed by atoms with Gasteiger partial charge in [0.1, 0.15) is 5.75 Å². The number of aryl methyl sites for hydroxylation is 2. The number of aromatic hydroxyl groups is 1. The normalized spacial score (nSPS) is 16.3. The Morgan fingerprint density at radius 1 is 1.42 bits per heavy atom. The fourth-order valence-corrected chi connectivity index (χ4v) is 4.19. The van der Waals surface area contributed by atoms with Crippen LogP contribution in [0.1, 0.15) is 61.3 Å². The number of nitrogens with one attached hydrogen (secondary N) is 1. The summed E-state index contributed by atoms with van der Waals surface area (Å²) < 4.78 is 2.11. The summed E-state index contributed by atoms with van der Waals surface area (Å²) in [6, 6.07) is 6.11. The van der Waals surface area contributed by atoms with Crippen LogP contribution >= 0.6 is 0 Å². The van der Waals surface area contributed by atoms with Crippen molar-refractivity contribution in [2.24, 2.45) is 12.9 Å². The zero-order valence-electron chi connectivity index (χ0n) is 15.2. The van der Waals surface area contributed by atoms with Crippen molar-refractivity contribution in [2.75, 3.05) is 0 Å². The van der Waals surface area contributed by atoms with E-state index in [1.165, 1.54) is 0 Å². The van der Waals surface area contributed by atoms with E-state index < -0.39 is 0 Å². The number of hydrazine groups is 1. The van der Waals surface area contributed by atoms with Gasteiger partial charge in [-0.25, -0.2) is 5.84 Å². The molecule has 1 amide bonds. The maximum atomic E-state index is 12.2. The smallest absolute Gasteiger partial charge is 0.241 e. The lowest BCUT2D eigenvalue weighted by Gasteiger charge is -2.22. The van der Waals surface area contributed by atoms with Crippen LogP contribution in [-0.2, 0) is 24.7 Å². The molecule has 0 bridgehead atoms. The number of hydrogen-bond donors (Lipinski definition) is 3. The first-order valence-corrected chi connectivity index (χ1v) is 9.29. The van der Waals surface area contributed by atoms with E-state index in [9.17, 15) is 9.90 Å². The average molecular weight is 354 g/mol. The van der Waals surface area contributed by atoms with Gasteiger partial charge in [0.25, 0.3) is 0 Å². The topological polar surface area (TPSA) is 104 Å². The van der Waals surface area contributed by atoms with E-state index in [1.807, 2.05) is 13.1 Å². The van der Waals surface area contributed by atoms with Crippen molar-refractivity contribution >= 4 is 16.8 Å². The van der Waals surface area contributed by atoms with E-state index in [0.29, 0.717) is 6.42 Å². The van der Waals surface area contributed by atoms with E-state index >= 15 is 0 Å². The van der Waals surface area contributed by atoms with Gasteiger partial charge in [0.05, 0.1) is 17.5 Å². The lowest BCUT2D eigenvalue weighted by Crippen LogP contribution is -2.36. The summed E-state index contributed by atoms with van der Waals surface area (Å²) >= 11 is 0. The number of nitriles is 1. The number of nitrogens with zero attached hydrogens (tertiary/aromatic N) is 2. The molecule has 6 heteroatoms. The molecule has 0 saturated heterocycles. The highest BCUT2D eigenvalue weighted by molar-refractivity contribution is 5.97. The molecule has 1 unspecified atom stereocenters. The van der Waals surface area contributed by atoms with Crippen molar-refractivity contribution in [3.8, 4) is 11.8 Å². The molecule has 1 atom stereocenters. The minimum atomic E-state index is -0.310. The monoisotopic (exact) mass is 354 g/mol. The molecule has 0 aliphatic heterocycles. The number of aromatic nitrogens is 1. The molecule has 2 aromatic rings. The number of benzene rings is 1. The van der Waals surface area contributed by atoms with Crippen LogP contribution in [-0.4, -0.2) is 15.6 Å². The Morgan fingerprint density at radius 2 is 2.23 bits per heavy atom. The number of phenols is 1. The van der Waals surface area contributed by atoms with Crippen molar-refractivity contribution in [1.82, 2.24) is 9.99 Å². The molecule has 1 heterocycles. The van der Waals surface area contributed by atoms with Crippen molar-refractivity contribution < 1.29 is 9.90 Å². The number of fused-ring (bicyclic) bond motifs is 3. The van der Waals surface area contributed by atoms with Gasteiger partial charge in [0.15, 0.2) is 0 Å². The molecule has 1 aliphatic carbocycles. The van der Waals surface area contributed by atoms with Gasteiger partial charge in [-0.05, 0) is 61.8 Å². The fraction of sp³-hybridized carbons (Fsp3) is 0.500. The molecule has 26 heavy (non-hydrogen) atoms. The van der Waals surface area contributed by atoms with E-state index in [2.05, 4.69) is 22.1 Å². The summed E-state index contributed by atoms with van der Waals surface area (Å²) in [5.41, 5.74) is 6.37. The molecule has 0 radical (unpaired) electrons. The number of phenolic OH excluding ortho intramolecular Hbond substituents is 1. The largest absolute Gasteiger partial charge is 0.507 e. The molecule has 0 spiro atoms. The van der Waals surface area contributed by atoms with Crippen molar-refractivity contribution in [3.63, 3.8) is 0 Å². The Labute approximate surface area is 153 Å². The lowest BCUT2D eigenvalue weighted by atomic mass is 9.84. The Bertz CT molecular complexity index is 863. The number of carbonyl (C=O) groups excluding carboxylic acids is 1. The highest BCUT2D eigenvalue weighted by Crippen LogP contribution is 2.43. The Morgan fingerprint density at radius 3 is 2.96 bits per heavy atom. The van der Waals surface area contributed by atoms with Gasteiger partial charge in [-0.2, -0.15) is 5.26 Å². The summed E-state index contributed by atoms with van der Waals surface area (Å²) in [6.07, 6.45) is 6.97. The second-order valence-electron chi connectivity index (χ2n) is 7.10. The second-order valence-corrected chi connectivity index (χ2v) is 7.10. The Kier molecular flexibility index (Phi) is 5.48. The summed E-state index contributed by atoms with van der Waals surface area (Å²) in [5.74, 6) is 5.11. The summed E-state index contributed by atoms with van der Waals surface area (Å²) in [4.78, 5) is 12.2. The summed E-state index contributed by atoms with van der Waals surface area (Å²) in [7, 11) is 2.00. The third kappa shape index (κ3) is 3.27. The van der Waals surface area contributed by atoms with Crippen molar-refractivity contribution in [2.45, 2.75) is 57.3 Å². The third-order valence-corrected chi connectivity index (χ3v) is 5.47. The molecule has 138 valence electrons. The van der Waals surface area contributed by atoms with Crippen LogP contribution in [0, 0.1) is 11.3 Å². The van der Waals surface area contributed by atoms with Crippen LogP contribution in [0.4, 0.5) is 0 Å². The number of unbranched alkanes of at least 4 members (excludes halogenated alkanes) is 3. The molecular formula is C20H26N4O2. The maximum Gasteiger partial charge on any atom is 0.241 e. The number of nitrogens with two attached hydrogens (primary N) is 1. The van der Waals surface area contributed by atoms with Crippen LogP contribution < -0.4 is 11.3 Å². The maximum absolute atomic E-state index is 12.2. The van der Waals surface area contributed by atoms with Crippen LogP contribution in [0.2, 0.25) is 0 Å².